The Kier molecular flexibility index (Phi) is 7.07. The molecule has 1 heterocycles. The van der Waals surface area contributed by atoms with E-state index >= 15 is 0 Å². The zero-order chi connectivity index (χ0) is 22.5. The molecule has 0 aliphatic carbocycles. The van der Waals surface area contributed by atoms with Crippen LogP contribution in [0.15, 0.2) is 53.3 Å². The summed E-state index contributed by atoms with van der Waals surface area (Å²) in [5, 5.41) is 3.85. The number of hydrogen-bond donors (Lipinski definition) is 2. The van der Waals surface area contributed by atoms with Crippen LogP contribution in [0, 0.1) is 5.92 Å². The average Bonchev–Trinajstić information content (AvgIpc) is 2.75. The molecule has 162 valence electrons. The first-order chi connectivity index (χ1) is 14.8. The molecule has 2 aromatic carbocycles. The summed E-state index contributed by atoms with van der Waals surface area (Å²) in [6.07, 6.45) is 0. The summed E-state index contributed by atoms with van der Waals surface area (Å²) >= 11 is 5.88. The molecule has 1 atom stereocenters. The van der Waals surface area contributed by atoms with Crippen molar-refractivity contribution in [2.75, 3.05) is 6.54 Å². The highest BCUT2D eigenvalue weighted by Gasteiger charge is 2.29. The van der Waals surface area contributed by atoms with Crippen molar-refractivity contribution in [1.29, 1.82) is 0 Å². The molecule has 2 amide bonds. The molecule has 0 bridgehead atoms. The largest absolute Gasteiger partial charge is 0.340 e. The summed E-state index contributed by atoms with van der Waals surface area (Å²) in [7, 11) is 0. The van der Waals surface area contributed by atoms with Crippen molar-refractivity contribution in [2.24, 2.45) is 5.92 Å². The number of hydrogen-bond acceptors (Lipinski definition) is 4. The minimum absolute atomic E-state index is 0.134. The van der Waals surface area contributed by atoms with Gasteiger partial charge in [-0.05, 0) is 49.2 Å². The first-order valence-electron chi connectivity index (χ1n) is 10.1. The van der Waals surface area contributed by atoms with Crippen molar-refractivity contribution < 1.29 is 9.59 Å². The van der Waals surface area contributed by atoms with Crippen LogP contribution in [-0.4, -0.2) is 39.3 Å². The lowest BCUT2D eigenvalue weighted by molar-refractivity contribution is -0.134. The van der Waals surface area contributed by atoms with Crippen LogP contribution < -0.4 is 10.9 Å². The number of fused-ring (bicyclic) bond motifs is 1. The Morgan fingerprint density at radius 2 is 1.81 bits per heavy atom. The van der Waals surface area contributed by atoms with E-state index in [1.54, 1.807) is 47.4 Å². The highest BCUT2D eigenvalue weighted by atomic mass is 35.5. The lowest BCUT2D eigenvalue weighted by atomic mass is 10.0. The van der Waals surface area contributed by atoms with E-state index in [0.717, 1.165) is 0 Å². The Bertz CT molecular complexity index is 1140. The zero-order valence-electron chi connectivity index (χ0n) is 17.7. The summed E-state index contributed by atoms with van der Waals surface area (Å²) in [5.74, 6) is -0.334. The van der Waals surface area contributed by atoms with Crippen LogP contribution in [0.25, 0.3) is 10.9 Å². The molecule has 1 aromatic heterocycles. The quantitative estimate of drug-likeness (QED) is 0.588. The number of halogens is 1. The SMILES string of the molecule is CCN(Cc1nc2ccccc2c(=O)[nH]1)C(=O)[C@@H](NC(=O)c1ccc(Cl)cc1)C(C)C. The van der Waals surface area contributed by atoms with E-state index < -0.39 is 6.04 Å². The maximum absolute atomic E-state index is 13.3. The maximum atomic E-state index is 13.3. The lowest BCUT2D eigenvalue weighted by Gasteiger charge is -2.28. The molecule has 2 N–H and O–H groups in total. The van der Waals surface area contributed by atoms with Gasteiger partial charge in [0.05, 0.1) is 17.4 Å². The van der Waals surface area contributed by atoms with Gasteiger partial charge in [-0.3, -0.25) is 14.4 Å². The van der Waals surface area contributed by atoms with E-state index in [2.05, 4.69) is 15.3 Å². The Labute approximate surface area is 185 Å². The van der Waals surface area contributed by atoms with Crippen LogP contribution in [0.4, 0.5) is 0 Å². The van der Waals surface area contributed by atoms with E-state index in [9.17, 15) is 14.4 Å². The fourth-order valence-electron chi connectivity index (χ4n) is 3.27. The van der Waals surface area contributed by atoms with Gasteiger partial charge in [0, 0.05) is 17.1 Å². The Hall–Kier alpha value is -3.19. The maximum Gasteiger partial charge on any atom is 0.258 e. The molecule has 8 heteroatoms. The molecule has 3 aromatic rings. The zero-order valence-corrected chi connectivity index (χ0v) is 18.4. The topological polar surface area (TPSA) is 95.2 Å². The van der Waals surface area contributed by atoms with Gasteiger partial charge >= 0.3 is 0 Å². The van der Waals surface area contributed by atoms with Gasteiger partial charge in [-0.2, -0.15) is 0 Å². The monoisotopic (exact) mass is 440 g/mol. The molecule has 7 nitrogen and oxygen atoms in total. The molecule has 0 saturated carbocycles. The van der Waals surface area contributed by atoms with Crippen molar-refractivity contribution in [3.8, 4) is 0 Å². The standard InChI is InChI=1S/C23H25ClN4O3/c1-4-28(13-19-25-18-8-6-5-7-17(18)22(30)26-19)23(31)20(14(2)3)27-21(29)15-9-11-16(24)12-10-15/h5-12,14,20H,4,13H2,1-3H3,(H,27,29)(H,25,26,30)/t20-/m0/s1. The number of aromatic amines is 1. The smallest absolute Gasteiger partial charge is 0.258 e. The molecule has 0 unspecified atom stereocenters. The molecule has 0 saturated heterocycles. The van der Waals surface area contributed by atoms with Crippen molar-refractivity contribution >= 4 is 34.3 Å². The second-order valence-electron chi connectivity index (χ2n) is 7.58. The van der Waals surface area contributed by atoms with E-state index in [1.807, 2.05) is 26.8 Å². The third-order valence-corrected chi connectivity index (χ3v) is 5.27. The molecular formula is C23H25ClN4O3. The fraction of sp³-hybridized carbons (Fsp3) is 0.304. The third-order valence-electron chi connectivity index (χ3n) is 5.02. The van der Waals surface area contributed by atoms with Crippen molar-refractivity contribution in [3.05, 3.63) is 75.3 Å². The first kappa shape index (κ1) is 22.5. The summed E-state index contributed by atoms with van der Waals surface area (Å²) < 4.78 is 0. The number of benzene rings is 2. The Balaban J connectivity index is 1.80. The van der Waals surface area contributed by atoms with Crippen molar-refractivity contribution in [3.63, 3.8) is 0 Å². The van der Waals surface area contributed by atoms with Gasteiger partial charge in [-0.25, -0.2) is 4.98 Å². The second-order valence-corrected chi connectivity index (χ2v) is 8.02. The highest BCUT2D eigenvalue weighted by molar-refractivity contribution is 6.30. The van der Waals surface area contributed by atoms with Gasteiger partial charge in [0.1, 0.15) is 11.9 Å². The molecule has 0 radical (unpaired) electrons. The summed E-state index contributed by atoms with van der Waals surface area (Å²) in [5.41, 5.74) is 0.744. The summed E-state index contributed by atoms with van der Waals surface area (Å²) in [6.45, 7) is 6.11. The number of rotatable bonds is 7. The minimum atomic E-state index is -0.727. The first-order valence-corrected chi connectivity index (χ1v) is 10.5. The number of nitrogens with one attached hydrogen (secondary N) is 2. The van der Waals surface area contributed by atoms with E-state index in [0.29, 0.717) is 33.9 Å². The number of nitrogens with zero attached hydrogens (tertiary/aromatic N) is 2. The van der Waals surface area contributed by atoms with E-state index in [-0.39, 0.29) is 29.8 Å². The predicted octanol–water partition coefficient (Wildman–Crippen LogP) is 3.38. The number of carbonyl (C=O) groups is 2. The van der Waals surface area contributed by atoms with Crippen LogP contribution in [0.2, 0.25) is 5.02 Å². The highest BCUT2D eigenvalue weighted by Crippen LogP contribution is 2.13. The van der Waals surface area contributed by atoms with Gasteiger partial charge in [0.25, 0.3) is 11.5 Å². The summed E-state index contributed by atoms with van der Waals surface area (Å²) in [4.78, 5) is 47.0. The van der Waals surface area contributed by atoms with Crippen LogP contribution in [-0.2, 0) is 11.3 Å². The number of para-hydroxylation sites is 1. The second kappa shape index (κ2) is 9.75. The number of likely N-dealkylation sites (N-methyl/N-ethyl adjacent to an activating group) is 1. The van der Waals surface area contributed by atoms with Gasteiger partial charge < -0.3 is 15.2 Å². The van der Waals surface area contributed by atoms with Gasteiger partial charge in [0.15, 0.2) is 0 Å². The van der Waals surface area contributed by atoms with Crippen LogP contribution in [0.3, 0.4) is 0 Å². The average molecular weight is 441 g/mol. The fourth-order valence-corrected chi connectivity index (χ4v) is 3.40. The Morgan fingerprint density at radius 1 is 1.13 bits per heavy atom. The lowest BCUT2D eigenvalue weighted by Crippen LogP contribution is -2.51. The number of amides is 2. The number of H-pyrrole nitrogens is 1. The van der Waals surface area contributed by atoms with Gasteiger partial charge in [-0.1, -0.05) is 37.6 Å². The molecule has 0 fully saturated rings. The van der Waals surface area contributed by atoms with Crippen molar-refractivity contribution in [2.45, 2.75) is 33.4 Å². The predicted molar refractivity (Wildman–Crippen MR) is 121 cm³/mol. The van der Waals surface area contributed by atoms with Gasteiger partial charge in [0.2, 0.25) is 5.91 Å². The molecule has 31 heavy (non-hydrogen) atoms. The van der Waals surface area contributed by atoms with Crippen molar-refractivity contribution in [1.82, 2.24) is 20.2 Å². The van der Waals surface area contributed by atoms with E-state index in [4.69, 9.17) is 11.6 Å². The van der Waals surface area contributed by atoms with Crippen LogP contribution in [0.1, 0.15) is 37.0 Å². The van der Waals surface area contributed by atoms with Gasteiger partial charge in [-0.15, -0.1) is 0 Å². The van der Waals surface area contributed by atoms with Crippen LogP contribution >= 0.6 is 11.6 Å². The molecule has 0 aliphatic rings. The molecular weight excluding hydrogens is 416 g/mol. The molecule has 0 aliphatic heterocycles. The van der Waals surface area contributed by atoms with E-state index in [1.165, 1.54) is 0 Å². The normalized spacial score (nSPS) is 12.0. The number of aromatic nitrogens is 2. The molecule has 0 spiro atoms. The Morgan fingerprint density at radius 3 is 2.45 bits per heavy atom. The minimum Gasteiger partial charge on any atom is -0.340 e. The number of carbonyl (C=O) groups excluding carboxylic acids is 2. The third kappa shape index (κ3) is 5.30. The molecule has 3 rings (SSSR count). The van der Waals surface area contributed by atoms with Crippen LogP contribution in [0.5, 0.6) is 0 Å². The summed E-state index contributed by atoms with van der Waals surface area (Å²) in [6, 6.07) is 12.8.